The van der Waals surface area contributed by atoms with Crippen molar-refractivity contribution in [2.75, 3.05) is 0 Å². The minimum Gasteiger partial charge on any atom is -0.290 e. The molecule has 0 bridgehead atoms. The highest BCUT2D eigenvalue weighted by molar-refractivity contribution is 5.93. The number of nitrogens with zero attached hydrogens (tertiary/aromatic N) is 1. The van der Waals surface area contributed by atoms with Crippen molar-refractivity contribution in [1.29, 1.82) is 0 Å². The van der Waals surface area contributed by atoms with Crippen molar-refractivity contribution in [3.63, 3.8) is 0 Å². The molecule has 0 fully saturated rings. The zero-order chi connectivity index (χ0) is 8.97. The molecule has 3 N–H and O–H groups in total. The molecular weight excluding hydrogens is 154 g/mol. The van der Waals surface area contributed by atoms with Crippen molar-refractivity contribution >= 4 is 5.91 Å². The Morgan fingerprint density at radius 1 is 1.75 bits per heavy atom. The minimum absolute atomic E-state index is 0.285. The van der Waals surface area contributed by atoms with Crippen LogP contribution in [0.25, 0.3) is 0 Å². The number of carbonyl (C=O) groups excluding carboxylic acids is 1. The normalized spacial score (nSPS) is 9.50. The number of hydrogen-bond donors (Lipinski definition) is 2. The zero-order valence-electron chi connectivity index (χ0n) is 6.87. The molecule has 1 rings (SSSR count). The average Bonchev–Trinajstić information content (AvgIpc) is 2.17. The fourth-order valence-electron chi connectivity index (χ4n) is 0.896. The summed E-state index contributed by atoms with van der Waals surface area (Å²) < 4.78 is 0. The van der Waals surface area contributed by atoms with Crippen LogP contribution in [0.2, 0.25) is 0 Å². The van der Waals surface area contributed by atoms with Gasteiger partial charge in [-0.15, -0.1) is 0 Å². The second-order valence-corrected chi connectivity index (χ2v) is 2.36. The third-order valence-corrected chi connectivity index (χ3v) is 1.57. The highest BCUT2D eigenvalue weighted by Crippen LogP contribution is 2.01. The molecule has 0 spiro atoms. The number of aryl methyl sites for hydroxylation is 1. The predicted molar refractivity (Wildman–Crippen MR) is 45.3 cm³/mol. The van der Waals surface area contributed by atoms with E-state index in [1.807, 2.05) is 6.92 Å². The number of aromatic nitrogens is 1. The van der Waals surface area contributed by atoms with E-state index < -0.39 is 0 Å². The van der Waals surface area contributed by atoms with Crippen molar-refractivity contribution in [3.05, 3.63) is 29.6 Å². The molecule has 4 nitrogen and oxygen atoms in total. The maximum atomic E-state index is 11.0. The van der Waals surface area contributed by atoms with E-state index in [9.17, 15) is 4.79 Å². The number of nitrogens with two attached hydrogens (primary N) is 1. The van der Waals surface area contributed by atoms with Crippen molar-refractivity contribution in [2.45, 2.75) is 13.3 Å². The Balaban J connectivity index is 2.93. The number of amides is 1. The fourth-order valence-corrected chi connectivity index (χ4v) is 0.896. The first kappa shape index (κ1) is 8.67. The van der Waals surface area contributed by atoms with Crippen molar-refractivity contribution in [1.82, 2.24) is 10.4 Å². The van der Waals surface area contributed by atoms with Crippen LogP contribution in [0, 0.1) is 0 Å². The Hall–Kier alpha value is -1.42. The van der Waals surface area contributed by atoms with Crippen LogP contribution >= 0.6 is 0 Å². The van der Waals surface area contributed by atoms with E-state index in [2.05, 4.69) is 10.4 Å². The molecule has 1 heterocycles. The van der Waals surface area contributed by atoms with Gasteiger partial charge in [0.1, 0.15) is 0 Å². The zero-order valence-corrected chi connectivity index (χ0v) is 6.87. The van der Waals surface area contributed by atoms with Gasteiger partial charge < -0.3 is 0 Å². The fraction of sp³-hybridized carbons (Fsp3) is 0.250. The van der Waals surface area contributed by atoms with Crippen molar-refractivity contribution < 1.29 is 4.79 Å². The maximum Gasteiger partial charge on any atom is 0.265 e. The standard InChI is InChI=1S/C8H11N3O/c1-2-7-5-6(3-4-10-7)8(12)11-9/h3-5H,2,9H2,1H3,(H,11,12). The van der Waals surface area contributed by atoms with Gasteiger partial charge in [-0.1, -0.05) is 6.92 Å². The van der Waals surface area contributed by atoms with Crippen LogP contribution < -0.4 is 11.3 Å². The van der Waals surface area contributed by atoms with Gasteiger partial charge in [0.05, 0.1) is 0 Å². The van der Waals surface area contributed by atoms with E-state index in [1.165, 1.54) is 0 Å². The SMILES string of the molecule is CCc1cc(C(=O)NN)ccn1. The molecule has 1 aromatic rings. The number of pyridine rings is 1. The van der Waals surface area contributed by atoms with Gasteiger partial charge >= 0.3 is 0 Å². The third-order valence-electron chi connectivity index (χ3n) is 1.57. The summed E-state index contributed by atoms with van der Waals surface area (Å²) in [5.41, 5.74) is 3.50. The molecule has 1 amide bonds. The molecular formula is C8H11N3O. The molecule has 12 heavy (non-hydrogen) atoms. The summed E-state index contributed by atoms with van der Waals surface area (Å²) in [6.07, 6.45) is 2.41. The first-order chi connectivity index (χ1) is 5.77. The van der Waals surface area contributed by atoms with Gasteiger partial charge in [-0.2, -0.15) is 0 Å². The lowest BCUT2D eigenvalue weighted by atomic mass is 10.2. The second-order valence-electron chi connectivity index (χ2n) is 2.36. The van der Waals surface area contributed by atoms with E-state index >= 15 is 0 Å². The van der Waals surface area contributed by atoms with E-state index in [-0.39, 0.29) is 5.91 Å². The molecule has 0 aliphatic heterocycles. The Bertz CT molecular complexity index is 285. The van der Waals surface area contributed by atoms with Crippen molar-refractivity contribution in [3.8, 4) is 0 Å². The lowest BCUT2D eigenvalue weighted by Crippen LogP contribution is -2.30. The molecule has 0 aliphatic carbocycles. The molecule has 0 unspecified atom stereocenters. The largest absolute Gasteiger partial charge is 0.290 e. The lowest BCUT2D eigenvalue weighted by molar-refractivity contribution is 0.0953. The van der Waals surface area contributed by atoms with Crippen molar-refractivity contribution in [2.24, 2.45) is 5.84 Å². The van der Waals surface area contributed by atoms with Gasteiger partial charge in [-0.25, -0.2) is 5.84 Å². The van der Waals surface area contributed by atoms with Crippen LogP contribution in [0.3, 0.4) is 0 Å². The molecule has 4 heteroatoms. The number of nitrogens with one attached hydrogen (secondary N) is 1. The summed E-state index contributed by atoms with van der Waals surface area (Å²) in [5, 5.41) is 0. The van der Waals surface area contributed by atoms with Crippen LogP contribution in [0.1, 0.15) is 23.0 Å². The highest BCUT2D eigenvalue weighted by Gasteiger charge is 2.02. The smallest absolute Gasteiger partial charge is 0.265 e. The Kier molecular flexibility index (Phi) is 2.76. The van der Waals surface area contributed by atoms with Crippen LogP contribution in [-0.4, -0.2) is 10.9 Å². The predicted octanol–water partition coefficient (Wildman–Crippen LogP) is 0.247. The van der Waals surface area contributed by atoms with Gasteiger partial charge in [0.2, 0.25) is 0 Å². The number of carbonyl (C=O) groups is 1. The Morgan fingerprint density at radius 3 is 3.08 bits per heavy atom. The molecule has 0 atom stereocenters. The molecule has 64 valence electrons. The van der Waals surface area contributed by atoms with Gasteiger partial charge in [-0.3, -0.25) is 15.2 Å². The van der Waals surface area contributed by atoms with Crippen LogP contribution in [-0.2, 0) is 6.42 Å². The Labute approximate surface area is 70.8 Å². The number of nitrogen functional groups attached to an aromatic ring is 1. The minimum atomic E-state index is -0.285. The monoisotopic (exact) mass is 165 g/mol. The first-order valence-electron chi connectivity index (χ1n) is 3.73. The van der Waals surface area contributed by atoms with Crippen LogP contribution in [0.15, 0.2) is 18.3 Å². The molecule has 0 aromatic carbocycles. The lowest BCUT2D eigenvalue weighted by Gasteiger charge is -2.00. The summed E-state index contributed by atoms with van der Waals surface area (Å²) in [4.78, 5) is 15.1. The summed E-state index contributed by atoms with van der Waals surface area (Å²) in [5.74, 6) is 4.69. The number of hydrazine groups is 1. The second kappa shape index (κ2) is 3.82. The summed E-state index contributed by atoms with van der Waals surface area (Å²) in [6.45, 7) is 1.98. The van der Waals surface area contributed by atoms with Gasteiger partial charge in [0.15, 0.2) is 0 Å². The van der Waals surface area contributed by atoms with E-state index in [4.69, 9.17) is 5.84 Å². The molecule has 0 saturated heterocycles. The molecule has 1 aromatic heterocycles. The van der Waals surface area contributed by atoms with E-state index in [0.717, 1.165) is 12.1 Å². The summed E-state index contributed by atoms with van der Waals surface area (Å²) in [6, 6.07) is 3.35. The molecule has 0 aliphatic rings. The maximum absolute atomic E-state index is 11.0. The molecule has 0 radical (unpaired) electrons. The van der Waals surface area contributed by atoms with Crippen LogP contribution in [0.4, 0.5) is 0 Å². The average molecular weight is 165 g/mol. The number of rotatable bonds is 2. The van der Waals surface area contributed by atoms with Gasteiger partial charge in [-0.05, 0) is 18.6 Å². The van der Waals surface area contributed by atoms with E-state index in [1.54, 1.807) is 18.3 Å². The third kappa shape index (κ3) is 1.79. The van der Waals surface area contributed by atoms with E-state index in [0.29, 0.717) is 5.56 Å². The molecule has 0 saturated carbocycles. The van der Waals surface area contributed by atoms with Gasteiger partial charge in [0, 0.05) is 17.5 Å². The number of hydrogen-bond acceptors (Lipinski definition) is 3. The highest BCUT2D eigenvalue weighted by atomic mass is 16.2. The van der Waals surface area contributed by atoms with Gasteiger partial charge in [0.25, 0.3) is 5.91 Å². The van der Waals surface area contributed by atoms with Crippen LogP contribution in [0.5, 0.6) is 0 Å². The Morgan fingerprint density at radius 2 is 2.50 bits per heavy atom. The quantitative estimate of drug-likeness (QED) is 0.375. The summed E-state index contributed by atoms with van der Waals surface area (Å²) in [7, 11) is 0. The summed E-state index contributed by atoms with van der Waals surface area (Å²) >= 11 is 0. The first-order valence-corrected chi connectivity index (χ1v) is 3.73. The topological polar surface area (TPSA) is 68.0 Å².